The maximum atomic E-state index is 11.8. The summed E-state index contributed by atoms with van der Waals surface area (Å²) in [6, 6.07) is 0.642. The zero-order valence-electron chi connectivity index (χ0n) is 14.0. The third kappa shape index (κ3) is 2.42. The normalized spacial score (nSPS) is 41.6. The van der Waals surface area contributed by atoms with Gasteiger partial charge in [0, 0.05) is 32.2 Å². The fourth-order valence-corrected chi connectivity index (χ4v) is 5.20. The van der Waals surface area contributed by atoms with Crippen LogP contribution in [0.25, 0.3) is 0 Å². The van der Waals surface area contributed by atoms with Gasteiger partial charge in [-0.1, -0.05) is 0 Å². The maximum Gasteiger partial charge on any atom is 0.409 e. The number of nitrogens with zero attached hydrogens (tertiary/aromatic N) is 2. The van der Waals surface area contributed by atoms with Crippen LogP contribution in [-0.4, -0.2) is 67.8 Å². The monoisotopic (exact) mass is 322 g/mol. The van der Waals surface area contributed by atoms with E-state index in [1.807, 2.05) is 11.8 Å². The van der Waals surface area contributed by atoms with E-state index >= 15 is 0 Å². The number of piperidine rings is 1. The molecule has 4 fully saturated rings. The zero-order chi connectivity index (χ0) is 16.2. The summed E-state index contributed by atoms with van der Waals surface area (Å²) in [4.78, 5) is 27.9. The number of amides is 1. The molecule has 128 valence electrons. The number of likely N-dealkylation sites (tertiary alicyclic amines) is 2. The number of fused-ring (bicyclic) bond motifs is 1. The van der Waals surface area contributed by atoms with E-state index in [0.717, 1.165) is 32.6 Å². The third-order valence-corrected chi connectivity index (χ3v) is 6.51. The second-order valence-electron chi connectivity index (χ2n) is 7.76. The highest BCUT2D eigenvalue weighted by Gasteiger charge is 2.62. The Bertz CT molecular complexity index is 505. The van der Waals surface area contributed by atoms with Crippen molar-refractivity contribution in [1.82, 2.24) is 9.80 Å². The Kier molecular flexibility index (Phi) is 3.55. The first-order valence-corrected chi connectivity index (χ1v) is 8.80. The Hall–Kier alpha value is -1.30. The molecule has 2 aliphatic carbocycles. The smallest absolute Gasteiger partial charge is 0.409 e. The molecule has 4 rings (SSSR count). The van der Waals surface area contributed by atoms with E-state index in [9.17, 15) is 9.59 Å². The molecule has 0 aromatic rings. The third-order valence-electron chi connectivity index (χ3n) is 6.51. The summed E-state index contributed by atoms with van der Waals surface area (Å²) in [7, 11) is 1.45. The minimum atomic E-state index is -0.190. The van der Waals surface area contributed by atoms with Crippen LogP contribution in [-0.2, 0) is 14.3 Å². The highest BCUT2D eigenvalue weighted by atomic mass is 16.5. The van der Waals surface area contributed by atoms with Gasteiger partial charge in [0.15, 0.2) is 0 Å². The SMILES string of the molecule is CCOC(=O)C1[C@H]2CN(C3CC4(CCN(C(=O)OC)C4)C3)C[C@@H]12. The summed E-state index contributed by atoms with van der Waals surface area (Å²) in [6.07, 6.45) is 3.28. The first-order valence-electron chi connectivity index (χ1n) is 8.80. The average Bonchev–Trinajstić information content (AvgIpc) is 2.90. The summed E-state index contributed by atoms with van der Waals surface area (Å²) in [5.74, 6) is 1.24. The summed E-state index contributed by atoms with van der Waals surface area (Å²) in [6.45, 7) is 6.14. The molecule has 2 aliphatic heterocycles. The molecular weight excluding hydrogens is 296 g/mol. The van der Waals surface area contributed by atoms with Crippen LogP contribution in [0, 0.1) is 23.2 Å². The predicted octanol–water partition coefficient (Wildman–Crippen LogP) is 1.35. The van der Waals surface area contributed by atoms with Crippen LogP contribution >= 0.6 is 0 Å². The van der Waals surface area contributed by atoms with Gasteiger partial charge in [-0.2, -0.15) is 0 Å². The number of ether oxygens (including phenoxy) is 2. The van der Waals surface area contributed by atoms with Crippen molar-refractivity contribution in [3.05, 3.63) is 0 Å². The minimum absolute atomic E-state index is 0.0109. The Morgan fingerprint density at radius 3 is 2.52 bits per heavy atom. The van der Waals surface area contributed by atoms with E-state index in [0.29, 0.717) is 29.9 Å². The fraction of sp³-hybridized carbons (Fsp3) is 0.882. The van der Waals surface area contributed by atoms with Crippen LogP contribution in [0.4, 0.5) is 4.79 Å². The topological polar surface area (TPSA) is 59.1 Å². The Balaban J connectivity index is 1.24. The van der Waals surface area contributed by atoms with Gasteiger partial charge < -0.3 is 14.4 Å². The molecule has 2 saturated carbocycles. The van der Waals surface area contributed by atoms with Crippen molar-refractivity contribution in [3.8, 4) is 0 Å². The van der Waals surface area contributed by atoms with Crippen molar-refractivity contribution < 1.29 is 19.1 Å². The summed E-state index contributed by atoms with van der Waals surface area (Å²) in [5.41, 5.74) is 0.326. The molecule has 1 unspecified atom stereocenters. The molecule has 1 spiro atoms. The standard InChI is InChI=1S/C17H26N2O4/c1-3-23-15(20)14-12-8-19(9-13(12)14)11-6-17(7-11)4-5-18(10-17)16(21)22-2/h11-14H,3-10H2,1-2H3/t11?,12-,13+,14?,17?. The number of carbonyl (C=O) groups is 2. The van der Waals surface area contributed by atoms with Gasteiger partial charge >= 0.3 is 12.1 Å². The molecule has 0 aromatic heterocycles. The lowest BCUT2D eigenvalue weighted by Crippen LogP contribution is -2.52. The molecule has 23 heavy (non-hydrogen) atoms. The van der Waals surface area contributed by atoms with Crippen LogP contribution in [0.3, 0.4) is 0 Å². The number of hydrogen-bond donors (Lipinski definition) is 0. The molecule has 2 saturated heterocycles. The number of carbonyl (C=O) groups excluding carboxylic acids is 2. The molecule has 0 bridgehead atoms. The quantitative estimate of drug-likeness (QED) is 0.734. The maximum absolute atomic E-state index is 11.8. The lowest BCUT2D eigenvalue weighted by Gasteiger charge is -2.49. The van der Waals surface area contributed by atoms with Crippen LogP contribution in [0.2, 0.25) is 0 Å². The molecule has 0 radical (unpaired) electrons. The van der Waals surface area contributed by atoms with Gasteiger partial charge in [-0.05, 0) is 43.4 Å². The lowest BCUT2D eigenvalue weighted by atomic mass is 9.64. The van der Waals surface area contributed by atoms with Crippen LogP contribution < -0.4 is 0 Å². The minimum Gasteiger partial charge on any atom is -0.466 e. The Morgan fingerprint density at radius 2 is 1.91 bits per heavy atom. The van der Waals surface area contributed by atoms with Crippen molar-refractivity contribution in [1.29, 1.82) is 0 Å². The van der Waals surface area contributed by atoms with E-state index in [-0.39, 0.29) is 18.0 Å². The van der Waals surface area contributed by atoms with Gasteiger partial charge in [-0.15, -0.1) is 0 Å². The Morgan fingerprint density at radius 1 is 1.22 bits per heavy atom. The van der Waals surface area contributed by atoms with Gasteiger partial charge in [0.1, 0.15) is 0 Å². The molecular formula is C17H26N2O4. The first-order chi connectivity index (χ1) is 11.1. The molecule has 6 nitrogen and oxygen atoms in total. The van der Waals surface area contributed by atoms with Crippen LogP contribution in [0.1, 0.15) is 26.2 Å². The summed E-state index contributed by atoms with van der Waals surface area (Å²) >= 11 is 0. The van der Waals surface area contributed by atoms with E-state index in [4.69, 9.17) is 9.47 Å². The molecule has 1 amide bonds. The van der Waals surface area contributed by atoms with Crippen molar-refractivity contribution >= 4 is 12.1 Å². The summed E-state index contributed by atoms with van der Waals surface area (Å²) < 4.78 is 9.98. The van der Waals surface area contributed by atoms with Crippen molar-refractivity contribution in [2.24, 2.45) is 23.2 Å². The molecule has 3 atom stereocenters. The van der Waals surface area contributed by atoms with Crippen molar-refractivity contribution in [3.63, 3.8) is 0 Å². The van der Waals surface area contributed by atoms with E-state index in [2.05, 4.69) is 4.90 Å². The van der Waals surface area contributed by atoms with Crippen LogP contribution in [0.15, 0.2) is 0 Å². The fourth-order valence-electron chi connectivity index (χ4n) is 5.20. The van der Waals surface area contributed by atoms with Gasteiger partial charge in [-0.3, -0.25) is 9.69 Å². The molecule has 2 heterocycles. The van der Waals surface area contributed by atoms with E-state index in [1.54, 1.807) is 0 Å². The number of esters is 1. The summed E-state index contributed by atoms with van der Waals surface area (Å²) in [5, 5.41) is 0. The van der Waals surface area contributed by atoms with Crippen molar-refractivity contribution in [2.75, 3.05) is 39.9 Å². The number of rotatable bonds is 3. The van der Waals surface area contributed by atoms with Crippen molar-refractivity contribution in [2.45, 2.75) is 32.2 Å². The van der Waals surface area contributed by atoms with E-state index in [1.165, 1.54) is 20.0 Å². The van der Waals surface area contributed by atoms with Gasteiger partial charge in [0.05, 0.1) is 19.6 Å². The molecule has 0 aromatic carbocycles. The van der Waals surface area contributed by atoms with Gasteiger partial charge in [-0.25, -0.2) is 4.79 Å². The largest absolute Gasteiger partial charge is 0.466 e. The van der Waals surface area contributed by atoms with Crippen LogP contribution in [0.5, 0.6) is 0 Å². The zero-order valence-corrected chi connectivity index (χ0v) is 14.0. The lowest BCUT2D eigenvalue weighted by molar-refractivity contribution is -0.146. The van der Waals surface area contributed by atoms with Gasteiger partial charge in [0.2, 0.25) is 0 Å². The average molecular weight is 322 g/mol. The molecule has 4 aliphatic rings. The first kappa shape index (κ1) is 15.2. The second kappa shape index (κ2) is 5.36. The van der Waals surface area contributed by atoms with E-state index < -0.39 is 0 Å². The predicted molar refractivity (Wildman–Crippen MR) is 82.7 cm³/mol. The number of hydrogen-bond acceptors (Lipinski definition) is 5. The second-order valence-corrected chi connectivity index (χ2v) is 7.76. The van der Waals surface area contributed by atoms with Gasteiger partial charge in [0.25, 0.3) is 0 Å². The molecule has 0 N–H and O–H groups in total. The highest BCUT2D eigenvalue weighted by molar-refractivity contribution is 5.77. The molecule has 6 heteroatoms. The highest BCUT2D eigenvalue weighted by Crippen LogP contribution is 2.57. The number of methoxy groups -OCH3 is 1. The Labute approximate surface area is 137 Å².